The molecule has 4 nitrogen and oxygen atoms in total. The summed E-state index contributed by atoms with van der Waals surface area (Å²) in [6, 6.07) is 0. The molecule has 1 heterocycles. The van der Waals surface area contributed by atoms with Crippen molar-refractivity contribution in [1.29, 1.82) is 0 Å². The van der Waals surface area contributed by atoms with Gasteiger partial charge in [0.1, 0.15) is 0 Å². The molecule has 1 aromatic rings. The summed E-state index contributed by atoms with van der Waals surface area (Å²) in [5, 5.41) is 12.0. The molecule has 108 valence electrons. The Bertz CT molecular complexity index is 391. The molecule has 0 saturated heterocycles. The number of nitrogens with zero attached hydrogens (tertiary/aromatic N) is 3. The van der Waals surface area contributed by atoms with Gasteiger partial charge in [-0.15, -0.1) is 5.10 Å². The molecule has 1 saturated carbocycles. The zero-order valence-corrected chi connectivity index (χ0v) is 12.8. The summed E-state index contributed by atoms with van der Waals surface area (Å²) in [7, 11) is 0. The number of hydrogen-bond acceptors (Lipinski definition) is 3. The highest BCUT2D eigenvalue weighted by molar-refractivity contribution is 4.94. The van der Waals surface area contributed by atoms with E-state index in [1.807, 2.05) is 4.68 Å². The Kier molecular flexibility index (Phi) is 4.61. The lowest BCUT2D eigenvalue weighted by atomic mass is 9.82. The Labute approximate surface area is 117 Å². The van der Waals surface area contributed by atoms with E-state index in [-0.39, 0.29) is 5.54 Å². The summed E-state index contributed by atoms with van der Waals surface area (Å²) in [5.41, 5.74) is 1.06. The fraction of sp³-hybridized carbons (Fsp3) is 0.867. The molecular formula is C15H28N4. The summed E-state index contributed by atoms with van der Waals surface area (Å²) in [6.07, 6.45) is 7.62. The molecule has 2 rings (SSSR count). The van der Waals surface area contributed by atoms with Gasteiger partial charge in [-0.3, -0.25) is 0 Å². The van der Waals surface area contributed by atoms with E-state index >= 15 is 0 Å². The van der Waals surface area contributed by atoms with Crippen molar-refractivity contribution in [3.05, 3.63) is 11.9 Å². The van der Waals surface area contributed by atoms with Crippen molar-refractivity contribution in [2.45, 2.75) is 65.5 Å². The van der Waals surface area contributed by atoms with Crippen molar-refractivity contribution >= 4 is 0 Å². The van der Waals surface area contributed by atoms with Gasteiger partial charge in [-0.1, -0.05) is 25.0 Å². The fourth-order valence-corrected chi connectivity index (χ4v) is 2.86. The Morgan fingerprint density at radius 2 is 2.16 bits per heavy atom. The van der Waals surface area contributed by atoms with Crippen molar-refractivity contribution in [2.75, 3.05) is 6.54 Å². The van der Waals surface area contributed by atoms with Gasteiger partial charge in [0.15, 0.2) is 0 Å². The fourth-order valence-electron chi connectivity index (χ4n) is 2.86. The highest BCUT2D eigenvalue weighted by Crippen LogP contribution is 2.27. The van der Waals surface area contributed by atoms with Crippen LogP contribution in [0, 0.1) is 11.8 Å². The average molecular weight is 264 g/mol. The van der Waals surface area contributed by atoms with Gasteiger partial charge in [0.05, 0.1) is 17.4 Å². The minimum atomic E-state index is 0.0179. The molecule has 19 heavy (non-hydrogen) atoms. The van der Waals surface area contributed by atoms with Gasteiger partial charge in [0.25, 0.3) is 0 Å². The zero-order chi connectivity index (χ0) is 13.9. The van der Waals surface area contributed by atoms with E-state index in [0.29, 0.717) is 0 Å². The second kappa shape index (κ2) is 6.04. The number of nitrogens with one attached hydrogen (secondary N) is 1. The second-order valence-electron chi connectivity index (χ2n) is 7.09. The first kappa shape index (κ1) is 14.5. The van der Waals surface area contributed by atoms with Crippen molar-refractivity contribution in [2.24, 2.45) is 11.8 Å². The van der Waals surface area contributed by atoms with Crippen LogP contribution in [0.2, 0.25) is 0 Å². The van der Waals surface area contributed by atoms with Crippen LogP contribution in [0.1, 0.15) is 59.1 Å². The monoisotopic (exact) mass is 264 g/mol. The molecule has 0 aromatic carbocycles. The van der Waals surface area contributed by atoms with E-state index in [0.717, 1.165) is 30.6 Å². The number of aromatic nitrogens is 3. The van der Waals surface area contributed by atoms with E-state index < -0.39 is 0 Å². The molecule has 0 radical (unpaired) electrons. The second-order valence-corrected chi connectivity index (χ2v) is 7.09. The van der Waals surface area contributed by atoms with Crippen molar-refractivity contribution in [3.63, 3.8) is 0 Å². The maximum atomic E-state index is 4.23. The normalized spacial score (nSPS) is 24.6. The van der Waals surface area contributed by atoms with Crippen LogP contribution in [0.3, 0.4) is 0 Å². The quantitative estimate of drug-likeness (QED) is 0.909. The molecule has 1 N–H and O–H groups in total. The molecule has 2 unspecified atom stereocenters. The maximum absolute atomic E-state index is 4.23. The van der Waals surface area contributed by atoms with Gasteiger partial charge >= 0.3 is 0 Å². The van der Waals surface area contributed by atoms with Crippen molar-refractivity contribution in [1.82, 2.24) is 20.3 Å². The smallest absolute Gasteiger partial charge is 0.0965 e. The van der Waals surface area contributed by atoms with Crippen LogP contribution in [-0.2, 0) is 12.1 Å². The highest BCUT2D eigenvalue weighted by Gasteiger charge is 2.19. The standard InChI is InChI=1S/C15H28N4/c1-12-6-5-7-13(8-12)9-16-10-14-11-19(18-17-14)15(2,3)4/h11-13,16H,5-10H2,1-4H3. The molecule has 0 bridgehead atoms. The lowest BCUT2D eigenvalue weighted by Gasteiger charge is -2.26. The molecular weight excluding hydrogens is 236 g/mol. The van der Waals surface area contributed by atoms with Gasteiger partial charge in [-0.05, 0) is 52.0 Å². The predicted molar refractivity (Wildman–Crippen MR) is 77.8 cm³/mol. The van der Waals surface area contributed by atoms with Crippen LogP contribution in [0.5, 0.6) is 0 Å². The lowest BCUT2D eigenvalue weighted by molar-refractivity contribution is 0.274. The first-order valence-corrected chi connectivity index (χ1v) is 7.57. The van der Waals surface area contributed by atoms with Crippen LogP contribution in [-0.4, -0.2) is 21.5 Å². The third-order valence-electron chi connectivity index (χ3n) is 4.01. The molecule has 0 amide bonds. The first-order valence-electron chi connectivity index (χ1n) is 7.57. The number of rotatable bonds is 4. The number of hydrogen-bond donors (Lipinski definition) is 1. The van der Waals surface area contributed by atoms with E-state index in [2.05, 4.69) is 49.5 Å². The van der Waals surface area contributed by atoms with Crippen molar-refractivity contribution in [3.8, 4) is 0 Å². The Hall–Kier alpha value is -0.900. The molecule has 4 heteroatoms. The molecule has 1 aliphatic carbocycles. The SMILES string of the molecule is CC1CCCC(CNCc2cn(C(C)(C)C)nn2)C1. The predicted octanol–water partition coefficient (Wildman–Crippen LogP) is 2.95. The van der Waals surface area contributed by atoms with Gasteiger partial charge in [-0.25, -0.2) is 4.68 Å². The van der Waals surface area contributed by atoms with Gasteiger partial charge in [-0.2, -0.15) is 0 Å². The highest BCUT2D eigenvalue weighted by atomic mass is 15.4. The van der Waals surface area contributed by atoms with Crippen LogP contribution >= 0.6 is 0 Å². The molecule has 0 aliphatic heterocycles. The average Bonchev–Trinajstić information content (AvgIpc) is 2.77. The molecule has 0 spiro atoms. The van der Waals surface area contributed by atoms with Gasteiger partial charge in [0.2, 0.25) is 0 Å². The van der Waals surface area contributed by atoms with Gasteiger partial charge < -0.3 is 5.32 Å². The third-order valence-corrected chi connectivity index (χ3v) is 4.01. The first-order chi connectivity index (χ1) is 8.95. The summed E-state index contributed by atoms with van der Waals surface area (Å²) in [6.45, 7) is 10.8. The Morgan fingerprint density at radius 1 is 1.37 bits per heavy atom. The molecule has 2 atom stereocenters. The minimum Gasteiger partial charge on any atom is -0.311 e. The third kappa shape index (κ3) is 4.30. The van der Waals surface area contributed by atoms with Crippen LogP contribution in [0.25, 0.3) is 0 Å². The zero-order valence-electron chi connectivity index (χ0n) is 12.8. The van der Waals surface area contributed by atoms with Gasteiger partial charge in [0, 0.05) is 6.54 Å². The van der Waals surface area contributed by atoms with E-state index in [1.54, 1.807) is 0 Å². The van der Waals surface area contributed by atoms with Crippen LogP contribution < -0.4 is 5.32 Å². The summed E-state index contributed by atoms with van der Waals surface area (Å²) < 4.78 is 1.94. The summed E-state index contributed by atoms with van der Waals surface area (Å²) >= 11 is 0. The molecule has 1 fully saturated rings. The Balaban J connectivity index is 1.75. The minimum absolute atomic E-state index is 0.0179. The van der Waals surface area contributed by atoms with E-state index in [9.17, 15) is 0 Å². The molecule has 1 aromatic heterocycles. The summed E-state index contributed by atoms with van der Waals surface area (Å²) in [5.74, 6) is 1.75. The van der Waals surface area contributed by atoms with Crippen molar-refractivity contribution < 1.29 is 0 Å². The maximum Gasteiger partial charge on any atom is 0.0965 e. The van der Waals surface area contributed by atoms with E-state index in [1.165, 1.54) is 25.7 Å². The summed E-state index contributed by atoms with van der Waals surface area (Å²) in [4.78, 5) is 0. The molecule has 1 aliphatic rings. The van der Waals surface area contributed by atoms with Crippen LogP contribution in [0.15, 0.2) is 6.20 Å². The largest absolute Gasteiger partial charge is 0.311 e. The lowest BCUT2D eigenvalue weighted by Crippen LogP contribution is -2.26. The topological polar surface area (TPSA) is 42.7 Å². The van der Waals surface area contributed by atoms with E-state index in [4.69, 9.17) is 0 Å². The Morgan fingerprint density at radius 3 is 2.79 bits per heavy atom. The van der Waals surface area contributed by atoms with Crippen LogP contribution in [0.4, 0.5) is 0 Å².